The molecule has 1 aliphatic rings. The van der Waals surface area contributed by atoms with Crippen molar-refractivity contribution in [1.29, 1.82) is 0 Å². The summed E-state index contributed by atoms with van der Waals surface area (Å²) in [6.45, 7) is 2.27. The summed E-state index contributed by atoms with van der Waals surface area (Å²) in [7, 11) is 1.78. The Morgan fingerprint density at radius 3 is 2.79 bits per heavy atom. The Bertz CT molecular complexity index is 426. The molecular weight excluding hydrogens is 260 g/mol. The molecule has 3 N–H and O–H groups in total. The zero-order chi connectivity index (χ0) is 13.9. The Labute approximate surface area is 120 Å². The molecular formula is C15H23ClN2O. The van der Waals surface area contributed by atoms with E-state index in [0.29, 0.717) is 5.92 Å². The van der Waals surface area contributed by atoms with Crippen LogP contribution in [0.3, 0.4) is 0 Å². The largest absolute Gasteiger partial charge is 0.376 e. The van der Waals surface area contributed by atoms with E-state index in [1.54, 1.807) is 7.11 Å². The van der Waals surface area contributed by atoms with Gasteiger partial charge in [-0.2, -0.15) is 0 Å². The van der Waals surface area contributed by atoms with Crippen molar-refractivity contribution in [3.8, 4) is 0 Å². The molecule has 3 nitrogen and oxygen atoms in total. The maximum Gasteiger partial charge on any atom is 0.0888 e. The van der Waals surface area contributed by atoms with Gasteiger partial charge in [-0.05, 0) is 30.4 Å². The number of hydrazine groups is 1. The van der Waals surface area contributed by atoms with Gasteiger partial charge in [0.2, 0.25) is 0 Å². The van der Waals surface area contributed by atoms with Crippen molar-refractivity contribution in [2.75, 3.05) is 7.11 Å². The van der Waals surface area contributed by atoms with Crippen molar-refractivity contribution in [3.05, 3.63) is 34.9 Å². The molecule has 0 saturated heterocycles. The van der Waals surface area contributed by atoms with Crippen molar-refractivity contribution < 1.29 is 4.74 Å². The molecule has 0 amide bonds. The third-order valence-electron chi connectivity index (χ3n) is 4.31. The SMILES string of the molecule is COC1(C(NN)c2ccccc2Cl)CCCC(C)C1. The Hall–Kier alpha value is -0.610. The van der Waals surface area contributed by atoms with E-state index < -0.39 is 0 Å². The van der Waals surface area contributed by atoms with E-state index in [-0.39, 0.29) is 11.6 Å². The van der Waals surface area contributed by atoms with Gasteiger partial charge in [-0.25, -0.2) is 0 Å². The molecule has 1 aromatic carbocycles. The van der Waals surface area contributed by atoms with Gasteiger partial charge in [0, 0.05) is 12.1 Å². The Morgan fingerprint density at radius 2 is 2.21 bits per heavy atom. The lowest BCUT2D eigenvalue weighted by Crippen LogP contribution is -2.50. The third-order valence-corrected chi connectivity index (χ3v) is 4.65. The van der Waals surface area contributed by atoms with Gasteiger partial charge in [0.1, 0.15) is 0 Å². The summed E-state index contributed by atoms with van der Waals surface area (Å²) in [6, 6.07) is 7.77. The van der Waals surface area contributed by atoms with Gasteiger partial charge in [-0.15, -0.1) is 0 Å². The number of hydrogen-bond acceptors (Lipinski definition) is 3. The summed E-state index contributed by atoms with van der Waals surface area (Å²) in [5.41, 5.74) is 3.68. The fraction of sp³-hybridized carbons (Fsp3) is 0.600. The van der Waals surface area contributed by atoms with E-state index in [9.17, 15) is 0 Å². The predicted molar refractivity (Wildman–Crippen MR) is 78.9 cm³/mol. The van der Waals surface area contributed by atoms with Crippen molar-refractivity contribution in [2.24, 2.45) is 11.8 Å². The summed E-state index contributed by atoms with van der Waals surface area (Å²) in [6.07, 6.45) is 4.43. The molecule has 0 spiro atoms. The fourth-order valence-corrected chi connectivity index (χ4v) is 3.59. The van der Waals surface area contributed by atoms with E-state index in [1.807, 2.05) is 24.3 Å². The molecule has 1 fully saturated rings. The van der Waals surface area contributed by atoms with Crippen molar-refractivity contribution >= 4 is 11.6 Å². The predicted octanol–water partition coefficient (Wildman–Crippen LogP) is 3.44. The second kappa shape index (κ2) is 6.23. The molecule has 0 heterocycles. The molecule has 1 saturated carbocycles. The smallest absolute Gasteiger partial charge is 0.0888 e. The van der Waals surface area contributed by atoms with Crippen LogP contribution in [-0.2, 0) is 4.74 Å². The van der Waals surface area contributed by atoms with E-state index in [2.05, 4.69) is 12.3 Å². The first-order valence-electron chi connectivity index (χ1n) is 6.88. The lowest BCUT2D eigenvalue weighted by atomic mass is 9.73. The van der Waals surface area contributed by atoms with Crippen LogP contribution < -0.4 is 11.3 Å². The topological polar surface area (TPSA) is 47.3 Å². The second-order valence-electron chi connectivity index (χ2n) is 5.59. The summed E-state index contributed by atoms with van der Waals surface area (Å²) >= 11 is 6.32. The zero-order valence-corrected chi connectivity index (χ0v) is 12.4. The van der Waals surface area contributed by atoms with Crippen LogP contribution >= 0.6 is 11.6 Å². The first-order valence-corrected chi connectivity index (χ1v) is 7.26. The summed E-state index contributed by atoms with van der Waals surface area (Å²) in [4.78, 5) is 0. The summed E-state index contributed by atoms with van der Waals surface area (Å²) < 4.78 is 5.91. The third kappa shape index (κ3) is 2.95. The molecule has 0 aromatic heterocycles. The van der Waals surface area contributed by atoms with Crippen LogP contribution in [0, 0.1) is 5.92 Å². The van der Waals surface area contributed by atoms with Crippen LogP contribution in [0.1, 0.15) is 44.2 Å². The quantitative estimate of drug-likeness (QED) is 0.657. The van der Waals surface area contributed by atoms with E-state index in [1.165, 1.54) is 6.42 Å². The van der Waals surface area contributed by atoms with Crippen LogP contribution in [0.15, 0.2) is 24.3 Å². The van der Waals surface area contributed by atoms with Crippen LogP contribution in [-0.4, -0.2) is 12.7 Å². The van der Waals surface area contributed by atoms with Crippen molar-refractivity contribution in [2.45, 2.75) is 44.2 Å². The minimum Gasteiger partial charge on any atom is -0.376 e. The van der Waals surface area contributed by atoms with Crippen LogP contribution in [0.5, 0.6) is 0 Å². The first kappa shape index (κ1) is 14.8. The zero-order valence-electron chi connectivity index (χ0n) is 11.7. The molecule has 1 aromatic rings. The van der Waals surface area contributed by atoms with Crippen molar-refractivity contribution in [3.63, 3.8) is 0 Å². The number of ether oxygens (including phenoxy) is 1. The molecule has 1 aliphatic carbocycles. The average molecular weight is 283 g/mol. The van der Waals surface area contributed by atoms with Gasteiger partial charge in [-0.1, -0.05) is 49.6 Å². The maximum absolute atomic E-state index is 6.32. The summed E-state index contributed by atoms with van der Waals surface area (Å²) in [5.74, 6) is 6.47. The highest BCUT2D eigenvalue weighted by Gasteiger charge is 2.43. The molecule has 0 radical (unpaired) electrons. The number of benzene rings is 1. The molecule has 106 valence electrons. The van der Waals surface area contributed by atoms with Crippen LogP contribution in [0.4, 0.5) is 0 Å². The Balaban J connectivity index is 2.36. The van der Waals surface area contributed by atoms with Gasteiger partial charge in [0.15, 0.2) is 0 Å². The minimum atomic E-state index is -0.266. The molecule has 3 atom stereocenters. The van der Waals surface area contributed by atoms with Gasteiger partial charge in [-0.3, -0.25) is 11.3 Å². The number of halogens is 1. The maximum atomic E-state index is 6.32. The summed E-state index contributed by atoms with van der Waals surface area (Å²) in [5, 5.41) is 0.736. The molecule has 19 heavy (non-hydrogen) atoms. The van der Waals surface area contributed by atoms with Gasteiger partial charge in [0.05, 0.1) is 11.6 Å². The monoisotopic (exact) mass is 282 g/mol. The van der Waals surface area contributed by atoms with Crippen molar-refractivity contribution in [1.82, 2.24) is 5.43 Å². The molecule has 4 heteroatoms. The first-order chi connectivity index (χ1) is 9.13. The van der Waals surface area contributed by atoms with E-state index in [4.69, 9.17) is 22.2 Å². The van der Waals surface area contributed by atoms with Crippen LogP contribution in [0.25, 0.3) is 0 Å². The number of rotatable bonds is 4. The number of hydrogen-bond donors (Lipinski definition) is 2. The fourth-order valence-electron chi connectivity index (χ4n) is 3.34. The minimum absolute atomic E-state index is 0.0750. The Morgan fingerprint density at radius 1 is 1.47 bits per heavy atom. The second-order valence-corrected chi connectivity index (χ2v) is 6.00. The lowest BCUT2D eigenvalue weighted by Gasteiger charge is -2.44. The Kier molecular flexibility index (Phi) is 4.85. The average Bonchev–Trinajstić information content (AvgIpc) is 2.42. The van der Waals surface area contributed by atoms with E-state index in [0.717, 1.165) is 29.8 Å². The number of methoxy groups -OCH3 is 1. The number of nitrogens with one attached hydrogen (secondary N) is 1. The molecule has 0 aliphatic heterocycles. The van der Waals surface area contributed by atoms with Crippen LogP contribution in [0.2, 0.25) is 5.02 Å². The molecule has 0 bridgehead atoms. The standard InChI is InChI=1S/C15H23ClN2O/c1-11-6-5-9-15(10-11,19-2)14(18-17)12-7-3-4-8-13(12)16/h3-4,7-8,11,14,18H,5-6,9-10,17H2,1-2H3. The highest BCUT2D eigenvalue weighted by molar-refractivity contribution is 6.31. The number of nitrogens with two attached hydrogens (primary N) is 1. The highest BCUT2D eigenvalue weighted by Crippen LogP contribution is 2.44. The van der Waals surface area contributed by atoms with E-state index >= 15 is 0 Å². The molecule has 2 rings (SSSR count). The normalized spacial score (nSPS) is 29.2. The van der Waals surface area contributed by atoms with Gasteiger partial charge in [0.25, 0.3) is 0 Å². The molecule has 3 unspecified atom stereocenters. The van der Waals surface area contributed by atoms with Gasteiger partial charge >= 0.3 is 0 Å². The highest BCUT2D eigenvalue weighted by atomic mass is 35.5. The van der Waals surface area contributed by atoms with Gasteiger partial charge < -0.3 is 4.74 Å². The lowest BCUT2D eigenvalue weighted by molar-refractivity contribution is -0.0806.